The van der Waals surface area contributed by atoms with Crippen molar-refractivity contribution in [2.24, 2.45) is 28.1 Å². The van der Waals surface area contributed by atoms with Crippen LogP contribution in [0.3, 0.4) is 0 Å². The van der Waals surface area contributed by atoms with Gasteiger partial charge in [-0.25, -0.2) is 9.78 Å². The summed E-state index contributed by atoms with van der Waals surface area (Å²) >= 11 is 0. The zero-order valence-corrected chi connectivity index (χ0v) is 23.7. The molecule has 0 spiro atoms. The van der Waals surface area contributed by atoms with Gasteiger partial charge in [-0.15, -0.1) is 0 Å². The van der Waals surface area contributed by atoms with E-state index in [0.29, 0.717) is 17.7 Å². The smallest absolute Gasteiger partial charge is 0.326 e. The number of nitrogens with one attached hydrogen (secondary N) is 4. The van der Waals surface area contributed by atoms with Crippen molar-refractivity contribution in [2.45, 2.75) is 70.1 Å². The van der Waals surface area contributed by atoms with Crippen LogP contribution in [-0.4, -0.2) is 80.5 Å². The molecular formula is C27H41N9O6. The van der Waals surface area contributed by atoms with Crippen LogP contribution < -0.4 is 33.2 Å². The lowest BCUT2D eigenvalue weighted by atomic mass is 9.98. The number of carbonyl (C=O) groups excluding carboxylic acids is 3. The summed E-state index contributed by atoms with van der Waals surface area (Å²) in [6.45, 7) is 3.89. The van der Waals surface area contributed by atoms with Gasteiger partial charge in [0.1, 0.15) is 23.9 Å². The normalized spacial score (nSPS) is 14.5. The fraction of sp³-hybridized carbons (Fsp3) is 0.481. The maximum Gasteiger partial charge on any atom is 0.326 e. The number of aromatic amines is 1. The van der Waals surface area contributed by atoms with Crippen molar-refractivity contribution in [1.29, 1.82) is 0 Å². The molecule has 5 atom stereocenters. The van der Waals surface area contributed by atoms with E-state index in [1.165, 1.54) is 24.7 Å². The Hall–Kier alpha value is -4.66. The Morgan fingerprint density at radius 3 is 2.12 bits per heavy atom. The SMILES string of the molecule is CCC(C)C(N)C(=O)NC(Cc1ccc(O)cc1)C(=O)NC(Cc1cnc[nH]1)C(=O)NC(CCCN=C(N)N)C(=O)O. The number of hydrogen-bond donors (Lipinski definition) is 9. The van der Waals surface area contributed by atoms with Gasteiger partial charge in [-0.2, -0.15) is 0 Å². The lowest BCUT2D eigenvalue weighted by Crippen LogP contribution is -2.58. The summed E-state index contributed by atoms with van der Waals surface area (Å²) in [6, 6.07) is 1.60. The third-order valence-corrected chi connectivity index (χ3v) is 6.74. The highest BCUT2D eigenvalue weighted by atomic mass is 16.4. The molecule has 2 aromatic rings. The predicted molar refractivity (Wildman–Crippen MR) is 155 cm³/mol. The lowest BCUT2D eigenvalue weighted by Gasteiger charge is -2.26. The van der Waals surface area contributed by atoms with Gasteiger partial charge in [-0.3, -0.25) is 19.4 Å². The molecule has 12 N–H and O–H groups in total. The molecule has 0 aliphatic heterocycles. The van der Waals surface area contributed by atoms with Crippen molar-refractivity contribution in [1.82, 2.24) is 25.9 Å². The quantitative estimate of drug-likeness (QED) is 0.0610. The van der Waals surface area contributed by atoms with E-state index in [4.69, 9.17) is 17.2 Å². The van der Waals surface area contributed by atoms with Crippen LogP contribution in [0, 0.1) is 5.92 Å². The number of aromatic nitrogens is 2. The molecule has 2 rings (SSSR count). The fourth-order valence-corrected chi connectivity index (χ4v) is 3.99. The van der Waals surface area contributed by atoms with E-state index in [2.05, 4.69) is 30.9 Å². The van der Waals surface area contributed by atoms with Gasteiger partial charge >= 0.3 is 5.97 Å². The summed E-state index contributed by atoms with van der Waals surface area (Å²) in [4.78, 5) is 62.3. The van der Waals surface area contributed by atoms with Crippen LogP contribution >= 0.6 is 0 Å². The highest BCUT2D eigenvalue weighted by molar-refractivity contribution is 5.94. The van der Waals surface area contributed by atoms with Crippen molar-refractivity contribution < 1.29 is 29.4 Å². The molecule has 1 aromatic heterocycles. The van der Waals surface area contributed by atoms with Gasteiger partial charge in [0.05, 0.1) is 12.4 Å². The van der Waals surface area contributed by atoms with Gasteiger partial charge in [-0.1, -0.05) is 32.4 Å². The number of carboxylic acid groups (broad SMARTS) is 1. The van der Waals surface area contributed by atoms with Crippen molar-refractivity contribution in [2.75, 3.05) is 6.54 Å². The van der Waals surface area contributed by atoms with E-state index in [9.17, 15) is 29.4 Å². The van der Waals surface area contributed by atoms with Crippen LogP contribution in [0.15, 0.2) is 41.8 Å². The van der Waals surface area contributed by atoms with Crippen LogP contribution in [0.2, 0.25) is 0 Å². The number of imidazole rings is 1. The molecule has 0 bridgehead atoms. The molecule has 0 saturated carbocycles. The zero-order valence-electron chi connectivity index (χ0n) is 23.7. The molecule has 42 heavy (non-hydrogen) atoms. The summed E-state index contributed by atoms with van der Waals surface area (Å²) < 4.78 is 0. The lowest BCUT2D eigenvalue weighted by molar-refractivity contribution is -0.142. The first-order valence-corrected chi connectivity index (χ1v) is 13.6. The maximum absolute atomic E-state index is 13.6. The number of amides is 3. The highest BCUT2D eigenvalue weighted by Crippen LogP contribution is 2.13. The number of aliphatic imine (C=N–C) groups is 1. The number of aliphatic carboxylic acids is 1. The second-order valence-electron chi connectivity index (χ2n) is 10.0. The summed E-state index contributed by atoms with van der Waals surface area (Å²) in [5.74, 6) is -3.50. The van der Waals surface area contributed by atoms with Crippen molar-refractivity contribution in [3.63, 3.8) is 0 Å². The van der Waals surface area contributed by atoms with Crippen molar-refractivity contribution >= 4 is 29.7 Å². The summed E-state index contributed by atoms with van der Waals surface area (Å²) in [5.41, 5.74) is 17.8. The molecule has 1 aromatic carbocycles. The van der Waals surface area contributed by atoms with Gasteiger partial charge in [0.25, 0.3) is 0 Å². The molecule has 1 heterocycles. The van der Waals surface area contributed by atoms with E-state index >= 15 is 0 Å². The van der Waals surface area contributed by atoms with Crippen molar-refractivity contribution in [3.8, 4) is 5.75 Å². The number of aromatic hydroxyl groups is 1. The molecule has 0 radical (unpaired) electrons. The molecule has 15 nitrogen and oxygen atoms in total. The van der Waals surface area contributed by atoms with Gasteiger partial charge in [0.2, 0.25) is 17.7 Å². The fourth-order valence-electron chi connectivity index (χ4n) is 3.99. The van der Waals surface area contributed by atoms with Crippen LogP contribution in [0.5, 0.6) is 5.75 Å². The molecule has 230 valence electrons. The van der Waals surface area contributed by atoms with E-state index < -0.39 is 47.9 Å². The van der Waals surface area contributed by atoms with Gasteiger partial charge in [0.15, 0.2) is 5.96 Å². The standard InChI is InChI=1S/C27H41N9O6/c1-3-15(2)22(28)25(40)36-20(11-16-6-8-18(37)9-7-16)23(38)35-21(12-17-13-31-14-33-17)24(39)34-19(26(41)42)5-4-10-32-27(29)30/h6-9,13-15,19-22,37H,3-5,10-12,28H2,1-2H3,(H,31,33)(H,34,39)(H,35,38)(H,36,40)(H,41,42)(H4,29,30,32). The van der Waals surface area contributed by atoms with Crippen molar-refractivity contribution in [3.05, 3.63) is 48.0 Å². The highest BCUT2D eigenvalue weighted by Gasteiger charge is 2.31. The predicted octanol–water partition coefficient (Wildman–Crippen LogP) is -1.13. The monoisotopic (exact) mass is 587 g/mol. The third kappa shape index (κ3) is 11.1. The Morgan fingerprint density at radius 1 is 0.976 bits per heavy atom. The Labute approximate surface area is 243 Å². The number of hydrogen-bond acceptors (Lipinski definition) is 8. The largest absolute Gasteiger partial charge is 0.508 e. The minimum absolute atomic E-state index is 0.0326. The summed E-state index contributed by atoms with van der Waals surface area (Å²) in [6.07, 6.45) is 3.83. The topological polar surface area (TPSA) is 264 Å². The molecule has 0 fully saturated rings. The molecule has 15 heteroatoms. The summed E-state index contributed by atoms with van der Waals surface area (Å²) in [5, 5.41) is 27.1. The van der Waals surface area contributed by atoms with E-state index in [-0.39, 0.29) is 49.9 Å². The second-order valence-corrected chi connectivity index (χ2v) is 10.0. The average molecular weight is 588 g/mol. The Kier molecular flexibility index (Phi) is 13.2. The Morgan fingerprint density at radius 2 is 1.57 bits per heavy atom. The Bertz CT molecular complexity index is 1200. The first-order chi connectivity index (χ1) is 19.9. The number of phenolic OH excluding ortho intramolecular Hbond substituents is 1. The number of carboxylic acids is 1. The molecular weight excluding hydrogens is 546 g/mol. The van der Waals surface area contributed by atoms with Gasteiger partial charge in [0, 0.05) is 31.3 Å². The number of nitrogens with two attached hydrogens (primary N) is 3. The number of guanidine groups is 1. The second kappa shape index (κ2) is 16.6. The maximum atomic E-state index is 13.6. The van der Waals surface area contributed by atoms with Crippen LogP contribution in [-0.2, 0) is 32.0 Å². The van der Waals surface area contributed by atoms with Crippen LogP contribution in [0.4, 0.5) is 0 Å². The molecule has 3 amide bonds. The minimum Gasteiger partial charge on any atom is -0.508 e. The first kappa shape index (κ1) is 33.5. The number of phenols is 1. The number of carbonyl (C=O) groups is 4. The van der Waals surface area contributed by atoms with E-state index in [1.54, 1.807) is 12.1 Å². The number of nitrogens with zero attached hydrogens (tertiary/aromatic N) is 2. The summed E-state index contributed by atoms with van der Waals surface area (Å²) in [7, 11) is 0. The van der Waals surface area contributed by atoms with Crippen LogP contribution in [0.25, 0.3) is 0 Å². The molecule has 0 saturated heterocycles. The number of rotatable bonds is 17. The molecule has 0 aliphatic rings. The first-order valence-electron chi connectivity index (χ1n) is 13.6. The molecule has 0 aliphatic carbocycles. The van der Waals surface area contributed by atoms with Crippen LogP contribution in [0.1, 0.15) is 44.4 Å². The number of H-pyrrole nitrogens is 1. The van der Waals surface area contributed by atoms with E-state index in [0.717, 1.165) is 0 Å². The Balaban J connectivity index is 2.26. The van der Waals surface area contributed by atoms with Gasteiger partial charge < -0.3 is 48.3 Å². The zero-order chi connectivity index (χ0) is 31.2. The molecule has 5 unspecified atom stereocenters. The van der Waals surface area contributed by atoms with Gasteiger partial charge in [-0.05, 0) is 36.5 Å². The van der Waals surface area contributed by atoms with E-state index in [1.807, 2.05) is 13.8 Å². The third-order valence-electron chi connectivity index (χ3n) is 6.74. The minimum atomic E-state index is -1.27. The average Bonchev–Trinajstić information content (AvgIpc) is 3.46. The number of benzene rings is 1.